The summed E-state index contributed by atoms with van der Waals surface area (Å²) in [6.07, 6.45) is 1.16. The van der Waals surface area contributed by atoms with Gasteiger partial charge in [0.05, 0.1) is 16.8 Å². The van der Waals surface area contributed by atoms with E-state index in [4.69, 9.17) is 0 Å². The molecule has 0 amide bonds. The third-order valence-corrected chi connectivity index (χ3v) is 4.36. The molecule has 0 saturated carbocycles. The Bertz CT molecular complexity index is 1190. The fraction of sp³-hybridized carbons (Fsp3) is 0.0952. The van der Waals surface area contributed by atoms with E-state index in [0.29, 0.717) is 22.3 Å². The molecular formula is C21H18N2O5. The van der Waals surface area contributed by atoms with Gasteiger partial charge in [-0.2, -0.15) is 0 Å². The Kier molecular flexibility index (Phi) is 5.00. The van der Waals surface area contributed by atoms with Crippen LogP contribution < -0.4 is 10.9 Å². The van der Waals surface area contributed by atoms with E-state index in [-0.39, 0.29) is 16.9 Å². The molecule has 142 valence electrons. The molecule has 7 nitrogen and oxygen atoms in total. The predicted octanol–water partition coefficient (Wildman–Crippen LogP) is 3.14. The molecule has 0 aliphatic heterocycles. The molecule has 0 atom stereocenters. The lowest BCUT2D eigenvalue weighted by Gasteiger charge is -2.11. The van der Waals surface area contributed by atoms with Gasteiger partial charge < -0.3 is 20.1 Å². The molecule has 0 aliphatic carbocycles. The second-order valence-electron chi connectivity index (χ2n) is 6.27. The first kappa shape index (κ1) is 18.9. The highest BCUT2D eigenvalue weighted by atomic mass is 16.4. The SMILES string of the molecule is C/C(=C\C(=O)c1c(O)c2ccccc2n(C)c1=O)Nc1ccccc1C(=O)O. The van der Waals surface area contributed by atoms with Crippen molar-refractivity contribution in [2.24, 2.45) is 7.05 Å². The van der Waals surface area contributed by atoms with E-state index in [1.165, 1.54) is 17.7 Å². The average molecular weight is 378 g/mol. The molecule has 3 N–H and O–H groups in total. The van der Waals surface area contributed by atoms with Gasteiger partial charge in [-0.05, 0) is 31.2 Å². The maximum Gasteiger partial charge on any atom is 0.337 e. The van der Waals surface area contributed by atoms with Crippen molar-refractivity contribution in [2.75, 3.05) is 5.32 Å². The number of aromatic hydroxyl groups is 1. The zero-order chi connectivity index (χ0) is 20.4. The largest absolute Gasteiger partial charge is 0.506 e. The van der Waals surface area contributed by atoms with Crippen LogP contribution in [0.5, 0.6) is 5.75 Å². The van der Waals surface area contributed by atoms with Crippen molar-refractivity contribution >= 4 is 28.3 Å². The lowest BCUT2D eigenvalue weighted by atomic mass is 10.1. The minimum absolute atomic E-state index is 0.0483. The van der Waals surface area contributed by atoms with Gasteiger partial charge in [0, 0.05) is 24.2 Å². The van der Waals surface area contributed by atoms with E-state index in [1.54, 1.807) is 49.4 Å². The van der Waals surface area contributed by atoms with E-state index in [9.17, 15) is 24.6 Å². The second-order valence-corrected chi connectivity index (χ2v) is 6.27. The molecule has 0 unspecified atom stereocenters. The molecule has 1 heterocycles. The van der Waals surface area contributed by atoms with Crippen LogP contribution in [0.15, 0.2) is 65.1 Å². The van der Waals surface area contributed by atoms with Crippen molar-refractivity contribution in [3.8, 4) is 5.75 Å². The van der Waals surface area contributed by atoms with E-state index in [2.05, 4.69) is 5.32 Å². The maximum absolute atomic E-state index is 12.7. The number of anilines is 1. The molecule has 0 spiro atoms. The van der Waals surface area contributed by atoms with Crippen LogP contribution in [0.1, 0.15) is 27.6 Å². The molecule has 0 bridgehead atoms. The average Bonchev–Trinajstić information content (AvgIpc) is 2.66. The number of carboxylic acids is 1. The van der Waals surface area contributed by atoms with E-state index in [1.807, 2.05) is 0 Å². The van der Waals surface area contributed by atoms with Crippen LogP contribution in [0.25, 0.3) is 10.9 Å². The first-order chi connectivity index (χ1) is 13.3. The number of hydrogen-bond acceptors (Lipinski definition) is 5. The Morgan fingerprint density at radius 3 is 2.43 bits per heavy atom. The number of aromatic nitrogens is 1. The third-order valence-electron chi connectivity index (χ3n) is 4.36. The molecule has 28 heavy (non-hydrogen) atoms. The number of ketones is 1. The van der Waals surface area contributed by atoms with Crippen molar-refractivity contribution < 1.29 is 19.8 Å². The number of carboxylic acid groups (broad SMARTS) is 1. The summed E-state index contributed by atoms with van der Waals surface area (Å²) in [7, 11) is 1.53. The monoisotopic (exact) mass is 378 g/mol. The lowest BCUT2D eigenvalue weighted by Crippen LogP contribution is -2.24. The molecule has 7 heteroatoms. The van der Waals surface area contributed by atoms with Crippen molar-refractivity contribution in [2.45, 2.75) is 6.92 Å². The molecular weight excluding hydrogens is 360 g/mol. The summed E-state index contributed by atoms with van der Waals surface area (Å²) in [5.41, 5.74) is 0.244. The van der Waals surface area contributed by atoms with Crippen LogP contribution in [-0.2, 0) is 7.05 Å². The number of aromatic carboxylic acids is 1. The number of carbonyl (C=O) groups excluding carboxylic acids is 1. The number of hydrogen-bond donors (Lipinski definition) is 3. The Morgan fingerprint density at radius 2 is 1.71 bits per heavy atom. The van der Waals surface area contributed by atoms with Gasteiger partial charge in [0.15, 0.2) is 5.78 Å². The fourth-order valence-electron chi connectivity index (χ4n) is 3.00. The molecule has 2 aromatic carbocycles. The zero-order valence-electron chi connectivity index (χ0n) is 15.3. The van der Waals surface area contributed by atoms with Crippen LogP contribution in [0.3, 0.4) is 0 Å². The second kappa shape index (κ2) is 7.40. The van der Waals surface area contributed by atoms with Crippen LogP contribution in [0.4, 0.5) is 5.69 Å². The maximum atomic E-state index is 12.7. The number of benzene rings is 2. The number of fused-ring (bicyclic) bond motifs is 1. The van der Waals surface area contributed by atoms with Crippen molar-refractivity contribution in [1.29, 1.82) is 0 Å². The summed E-state index contributed by atoms with van der Waals surface area (Å²) in [5, 5.41) is 23.0. The Morgan fingerprint density at radius 1 is 1.07 bits per heavy atom. The number of nitrogens with zero attached hydrogens (tertiary/aromatic N) is 1. The van der Waals surface area contributed by atoms with Gasteiger partial charge in [-0.15, -0.1) is 0 Å². The van der Waals surface area contributed by atoms with Crippen molar-refractivity contribution in [1.82, 2.24) is 4.57 Å². The van der Waals surface area contributed by atoms with Gasteiger partial charge in [0.2, 0.25) is 0 Å². The molecule has 0 aliphatic rings. The molecule has 0 saturated heterocycles. The summed E-state index contributed by atoms with van der Waals surface area (Å²) in [4.78, 5) is 36.6. The Hall–Kier alpha value is -3.87. The number of aryl methyl sites for hydroxylation is 1. The van der Waals surface area contributed by atoms with Crippen molar-refractivity contribution in [3.63, 3.8) is 0 Å². The smallest absolute Gasteiger partial charge is 0.337 e. The van der Waals surface area contributed by atoms with Gasteiger partial charge in [-0.1, -0.05) is 24.3 Å². The van der Waals surface area contributed by atoms with Gasteiger partial charge in [0.25, 0.3) is 5.56 Å². The van der Waals surface area contributed by atoms with Gasteiger partial charge >= 0.3 is 5.97 Å². The van der Waals surface area contributed by atoms with Gasteiger partial charge in [-0.3, -0.25) is 9.59 Å². The van der Waals surface area contributed by atoms with Crippen LogP contribution in [0.2, 0.25) is 0 Å². The van der Waals surface area contributed by atoms with E-state index < -0.39 is 17.3 Å². The topological polar surface area (TPSA) is 109 Å². The minimum Gasteiger partial charge on any atom is -0.506 e. The van der Waals surface area contributed by atoms with E-state index in [0.717, 1.165) is 6.08 Å². The van der Waals surface area contributed by atoms with Crippen molar-refractivity contribution in [3.05, 3.63) is 81.8 Å². The number of pyridine rings is 1. The zero-order valence-corrected chi connectivity index (χ0v) is 15.3. The van der Waals surface area contributed by atoms with Crippen LogP contribution in [0, 0.1) is 0 Å². The predicted molar refractivity (Wildman–Crippen MR) is 106 cm³/mol. The van der Waals surface area contributed by atoms with Crippen LogP contribution >= 0.6 is 0 Å². The summed E-state index contributed by atoms with van der Waals surface area (Å²) in [6.45, 7) is 1.57. The Balaban J connectivity index is 2.02. The first-order valence-electron chi connectivity index (χ1n) is 8.44. The number of rotatable bonds is 5. The number of para-hydroxylation sites is 2. The molecule has 3 rings (SSSR count). The summed E-state index contributed by atoms with van der Waals surface area (Å²) in [5.74, 6) is -2.16. The Labute approximate surface area is 160 Å². The standard InChI is InChI=1S/C21H18N2O5/c1-12(22-15-9-5-3-7-13(15)21(27)28)11-17(24)18-19(25)14-8-4-6-10-16(14)23(2)20(18)26/h3-11,22,25H,1-2H3,(H,27,28)/b12-11+. The van der Waals surface area contributed by atoms with E-state index >= 15 is 0 Å². The highest BCUT2D eigenvalue weighted by Crippen LogP contribution is 2.26. The lowest BCUT2D eigenvalue weighted by molar-refractivity contribution is 0.0697. The minimum atomic E-state index is -1.11. The molecule has 1 aromatic heterocycles. The first-order valence-corrected chi connectivity index (χ1v) is 8.44. The summed E-state index contributed by atoms with van der Waals surface area (Å²) in [6, 6.07) is 13.0. The third kappa shape index (κ3) is 3.37. The number of nitrogens with one attached hydrogen (secondary N) is 1. The van der Waals surface area contributed by atoms with Gasteiger partial charge in [0.1, 0.15) is 11.3 Å². The fourth-order valence-corrected chi connectivity index (χ4v) is 3.00. The normalized spacial score (nSPS) is 11.4. The highest BCUT2D eigenvalue weighted by Gasteiger charge is 2.20. The van der Waals surface area contributed by atoms with Gasteiger partial charge in [-0.25, -0.2) is 4.79 Å². The molecule has 0 fully saturated rings. The summed E-state index contributed by atoms with van der Waals surface area (Å²) < 4.78 is 1.30. The summed E-state index contributed by atoms with van der Waals surface area (Å²) >= 11 is 0. The number of allylic oxidation sites excluding steroid dienone is 2. The number of carbonyl (C=O) groups is 2. The highest BCUT2D eigenvalue weighted by molar-refractivity contribution is 6.10. The quantitative estimate of drug-likeness (QED) is 0.465. The molecule has 0 radical (unpaired) electrons. The molecule has 3 aromatic rings. The van der Waals surface area contributed by atoms with Crippen LogP contribution in [-0.4, -0.2) is 26.5 Å².